The Morgan fingerprint density at radius 3 is 2.70 bits per heavy atom. The number of carboxylic acid groups (broad SMARTS) is 1. The van der Waals surface area contributed by atoms with E-state index in [2.05, 4.69) is 15.9 Å². The van der Waals surface area contributed by atoms with Crippen molar-refractivity contribution in [2.24, 2.45) is 11.3 Å². The molecule has 108 valence electrons. The first kappa shape index (κ1) is 14.8. The zero-order chi connectivity index (χ0) is 14.9. The van der Waals surface area contributed by atoms with Crippen molar-refractivity contribution in [3.63, 3.8) is 0 Å². The number of carbonyl (C=O) groups is 2. The zero-order valence-electron chi connectivity index (χ0n) is 10.9. The summed E-state index contributed by atoms with van der Waals surface area (Å²) in [6, 6.07) is 4.88. The van der Waals surface area contributed by atoms with Crippen LogP contribution in [0.4, 0.5) is 0 Å². The number of phenolic OH excluding ortho intramolecular Hbond substituents is 1. The summed E-state index contributed by atoms with van der Waals surface area (Å²) >= 11 is 3.20. The van der Waals surface area contributed by atoms with Gasteiger partial charge in [0.15, 0.2) is 0 Å². The molecule has 0 bridgehead atoms. The third-order valence-corrected chi connectivity index (χ3v) is 4.22. The summed E-state index contributed by atoms with van der Waals surface area (Å²) < 4.78 is 5.53. The summed E-state index contributed by atoms with van der Waals surface area (Å²) in [6.45, 7) is 1.92. The SMILES string of the molecule is CCOC(=O)C1(Cc2ccc(O)c(Br)c2)CC1C(=O)O. The number of halogens is 1. The van der Waals surface area contributed by atoms with Crippen LogP contribution in [0, 0.1) is 11.3 Å². The number of phenols is 1. The van der Waals surface area contributed by atoms with Gasteiger partial charge in [-0.15, -0.1) is 0 Å². The highest BCUT2D eigenvalue weighted by molar-refractivity contribution is 9.10. The van der Waals surface area contributed by atoms with Gasteiger partial charge in [-0.3, -0.25) is 9.59 Å². The molecule has 1 aliphatic rings. The van der Waals surface area contributed by atoms with Crippen molar-refractivity contribution in [2.75, 3.05) is 6.61 Å². The number of carboxylic acids is 1. The van der Waals surface area contributed by atoms with E-state index in [1.165, 1.54) is 6.07 Å². The molecule has 2 rings (SSSR count). The Bertz CT molecular complexity index is 556. The van der Waals surface area contributed by atoms with E-state index in [1.54, 1.807) is 19.1 Å². The van der Waals surface area contributed by atoms with Crippen LogP contribution in [0.1, 0.15) is 18.9 Å². The van der Waals surface area contributed by atoms with E-state index in [4.69, 9.17) is 9.84 Å². The number of aromatic hydroxyl groups is 1. The molecule has 0 radical (unpaired) electrons. The fraction of sp³-hybridized carbons (Fsp3) is 0.429. The molecule has 0 saturated heterocycles. The van der Waals surface area contributed by atoms with E-state index in [9.17, 15) is 14.7 Å². The first-order valence-electron chi connectivity index (χ1n) is 6.28. The molecule has 20 heavy (non-hydrogen) atoms. The normalized spacial score (nSPS) is 24.2. The number of hydrogen-bond acceptors (Lipinski definition) is 4. The Hall–Kier alpha value is -1.56. The number of benzene rings is 1. The minimum atomic E-state index is -0.976. The van der Waals surface area contributed by atoms with Crippen molar-refractivity contribution in [3.05, 3.63) is 28.2 Å². The molecule has 1 saturated carbocycles. The predicted molar refractivity (Wildman–Crippen MR) is 74.3 cm³/mol. The lowest BCUT2D eigenvalue weighted by atomic mass is 9.94. The molecule has 2 atom stereocenters. The fourth-order valence-electron chi connectivity index (χ4n) is 2.42. The molecular formula is C14H15BrO5. The van der Waals surface area contributed by atoms with Crippen LogP contribution in [0.3, 0.4) is 0 Å². The number of hydrogen-bond donors (Lipinski definition) is 2. The Labute approximate surface area is 124 Å². The van der Waals surface area contributed by atoms with E-state index in [-0.39, 0.29) is 12.4 Å². The molecular weight excluding hydrogens is 328 g/mol. The quantitative estimate of drug-likeness (QED) is 0.802. The molecule has 0 heterocycles. The third kappa shape index (κ3) is 2.65. The van der Waals surface area contributed by atoms with Crippen molar-refractivity contribution in [2.45, 2.75) is 19.8 Å². The van der Waals surface area contributed by atoms with Gasteiger partial charge < -0.3 is 14.9 Å². The summed E-state index contributed by atoms with van der Waals surface area (Å²) in [7, 11) is 0. The lowest BCUT2D eigenvalue weighted by Gasteiger charge is -2.15. The van der Waals surface area contributed by atoms with Crippen LogP contribution in [0.15, 0.2) is 22.7 Å². The van der Waals surface area contributed by atoms with Crippen molar-refractivity contribution in [3.8, 4) is 5.75 Å². The number of carbonyl (C=O) groups excluding carboxylic acids is 1. The van der Waals surface area contributed by atoms with E-state index in [0.29, 0.717) is 17.3 Å². The van der Waals surface area contributed by atoms with Crippen LogP contribution in [0.5, 0.6) is 5.75 Å². The van der Waals surface area contributed by atoms with Gasteiger partial charge >= 0.3 is 11.9 Å². The summed E-state index contributed by atoms with van der Waals surface area (Å²) in [5, 5.41) is 18.6. The number of aliphatic carboxylic acids is 1. The minimum Gasteiger partial charge on any atom is -0.507 e. The summed E-state index contributed by atoms with van der Waals surface area (Å²) in [5.41, 5.74) is -0.190. The van der Waals surface area contributed by atoms with Gasteiger partial charge in [0, 0.05) is 0 Å². The topological polar surface area (TPSA) is 83.8 Å². The lowest BCUT2D eigenvalue weighted by molar-refractivity contribution is -0.153. The Balaban J connectivity index is 2.23. The molecule has 2 unspecified atom stereocenters. The maximum absolute atomic E-state index is 12.1. The van der Waals surface area contributed by atoms with Crippen LogP contribution < -0.4 is 0 Å². The molecule has 6 heteroatoms. The Morgan fingerprint density at radius 1 is 1.50 bits per heavy atom. The van der Waals surface area contributed by atoms with Gasteiger partial charge in [0.25, 0.3) is 0 Å². The second-order valence-corrected chi connectivity index (χ2v) is 5.79. The summed E-state index contributed by atoms with van der Waals surface area (Å²) in [5.74, 6) is -2.04. The predicted octanol–water partition coefficient (Wildman–Crippen LogP) is 2.35. The number of ether oxygens (including phenoxy) is 1. The standard InChI is InChI=1S/C14H15BrO5/c1-2-20-13(19)14(7-9(14)12(17)18)6-8-3-4-11(16)10(15)5-8/h3-5,9,16H,2,6-7H2,1H3,(H,17,18). The average Bonchev–Trinajstić information content (AvgIpc) is 3.10. The Morgan fingerprint density at radius 2 is 2.20 bits per heavy atom. The number of esters is 1. The van der Waals surface area contributed by atoms with Crippen LogP contribution in [-0.2, 0) is 20.7 Å². The molecule has 1 fully saturated rings. The molecule has 0 amide bonds. The number of rotatable bonds is 5. The summed E-state index contributed by atoms with van der Waals surface area (Å²) in [4.78, 5) is 23.2. The molecule has 0 spiro atoms. The van der Waals surface area contributed by atoms with Crippen LogP contribution in [0.25, 0.3) is 0 Å². The van der Waals surface area contributed by atoms with Crippen molar-refractivity contribution < 1.29 is 24.5 Å². The van der Waals surface area contributed by atoms with Gasteiger partial charge in [-0.25, -0.2) is 0 Å². The monoisotopic (exact) mass is 342 g/mol. The van der Waals surface area contributed by atoms with Crippen molar-refractivity contribution in [1.82, 2.24) is 0 Å². The van der Waals surface area contributed by atoms with Gasteiger partial charge in [0.1, 0.15) is 5.75 Å². The fourth-order valence-corrected chi connectivity index (χ4v) is 2.85. The molecule has 1 aliphatic carbocycles. The first-order chi connectivity index (χ1) is 9.40. The average molecular weight is 343 g/mol. The lowest BCUT2D eigenvalue weighted by Crippen LogP contribution is -2.26. The van der Waals surface area contributed by atoms with Gasteiger partial charge in [-0.1, -0.05) is 6.07 Å². The highest BCUT2D eigenvalue weighted by Gasteiger charge is 2.64. The van der Waals surface area contributed by atoms with Gasteiger partial charge in [-0.2, -0.15) is 0 Å². The maximum atomic E-state index is 12.1. The molecule has 0 aliphatic heterocycles. The second-order valence-electron chi connectivity index (χ2n) is 4.93. The zero-order valence-corrected chi connectivity index (χ0v) is 12.5. The van der Waals surface area contributed by atoms with E-state index < -0.39 is 23.3 Å². The van der Waals surface area contributed by atoms with E-state index >= 15 is 0 Å². The van der Waals surface area contributed by atoms with Crippen LogP contribution in [0.2, 0.25) is 0 Å². The van der Waals surface area contributed by atoms with E-state index in [0.717, 1.165) is 5.56 Å². The molecule has 2 N–H and O–H groups in total. The van der Waals surface area contributed by atoms with Crippen molar-refractivity contribution >= 4 is 27.9 Å². The van der Waals surface area contributed by atoms with Gasteiger partial charge in [0.05, 0.1) is 22.4 Å². The van der Waals surface area contributed by atoms with Crippen LogP contribution in [-0.4, -0.2) is 28.8 Å². The summed E-state index contributed by atoms with van der Waals surface area (Å²) in [6.07, 6.45) is 0.585. The third-order valence-electron chi connectivity index (χ3n) is 3.59. The molecule has 5 nitrogen and oxygen atoms in total. The van der Waals surface area contributed by atoms with Crippen molar-refractivity contribution in [1.29, 1.82) is 0 Å². The highest BCUT2D eigenvalue weighted by atomic mass is 79.9. The van der Waals surface area contributed by atoms with Gasteiger partial charge in [-0.05, 0) is 53.4 Å². The van der Waals surface area contributed by atoms with E-state index in [1.807, 2.05) is 0 Å². The van der Waals surface area contributed by atoms with Crippen LogP contribution >= 0.6 is 15.9 Å². The Kier molecular flexibility index (Phi) is 4.04. The first-order valence-corrected chi connectivity index (χ1v) is 7.07. The maximum Gasteiger partial charge on any atom is 0.313 e. The minimum absolute atomic E-state index is 0.101. The van der Waals surface area contributed by atoms with Gasteiger partial charge in [0.2, 0.25) is 0 Å². The highest BCUT2D eigenvalue weighted by Crippen LogP contribution is 2.56. The molecule has 1 aromatic rings. The smallest absolute Gasteiger partial charge is 0.313 e. The second kappa shape index (κ2) is 5.44. The largest absolute Gasteiger partial charge is 0.507 e. The molecule has 0 aromatic heterocycles. The molecule has 1 aromatic carbocycles.